The van der Waals surface area contributed by atoms with Gasteiger partial charge in [-0.3, -0.25) is 0 Å². The molecule has 0 aliphatic carbocycles. The van der Waals surface area contributed by atoms with Gasteiger partial charge in [-0.05, 0) is 31.0 Å². The van der Waals surface area contributed by atoms with Gasteiger partial charge < -0.3 is 10.3 Å². The summed E-state index contributed by atoms with van der Waals surface area (Å²) in [6.07, 6.45) is 3.25. The predicted molar refractivity (Wildman–Crippen MR) is 91.6 cm³/mol. The minimum atomic E-state index is 0.261. The lowest BCUT2D eigenvalue weighted by Gasteiger charge is -2.13. The van der Waals surface area contributed by atoms with Crippen LogP contribution in [-0.2, 0) is 13.0 Å². The van der Waals surface area contributed by atoms with Crippen LogP contribution in [0.1, 0.15) is 49.8 Å². The van der Waals surface area contributed by atoms with Crippen molar-refractivity contribution < 1.29 is 0 Å². The van der Waals surface area contributed by atoms with Gasteiger partial charge in [-0.15, -0.1) is 0 Å². The highest BCUT2D eigenvalue weighted by atomic mass is 79.9. The van der Waals surface area contributed by atoms with E-state index in [0.717, 1.165) is 35.3 Å². The Morgan fingerprint density at radius 2 is 2.05 bits per heavy atom. The zero-order valence-electron chi connectivity index (χ0n) is 12.4. The molecule has 0 fully saturated rings. The number of hydrogen-bond acceptors (Lipinski definition) is 2. The molecule has 5 heteroatoms. The van der Waals surface area contributed by atoms with Gasteiger partial charge in [-0.2, -0.15) is 0 Å². The van der Waals surface area contributed by atoms with Gasteiger partial charge in [0.05, 0.1) is 5.69 Å². The number of benzene rings is 1. The average molecular weight is 371 g/mol. The Hall–Kier alpha value is -0.840. The Kier molecular flexibility index (Phi) is 6.27. The number of aromatic amines is 1. The lowest BCUT2D eigenvalue weighted by atomic mass is 10.1. The Morgan fingerprint density at radius 1 is 1.33 bits per heavy atom. The Bertz CT molecular complexity index is 565. The minimum Gasteiger partial charge on any atom is -0.344 e. The average Bonchev–Trinajstić information content (AvgIpc) is 2.83. The molecular formula is C16H21BrClN3. The van der Waals surface area contributed by atoms with Crippen molar-refractivity contribution in [2.24, 2.45) is 0 Å². The van der Waals surface area contributed by atoms with Gasteiger partial charge >= 0.3 is 0 Å². The fraction of sp³-hybridized carbons (Fsp3) is 0.438. The maximum atomic E-state index is 6.19. The largest absolute Gasteiger partial charge is 0.344 e. The number of nitrogens with one attached hydrogen (secondary N) is 2. The minimum absolute atomic E-state index is 0.261. The summed E-state index contributed by atoms with van der Waals surface area (Å²) in [5, 5.41) is 4.05. The molecule has 1 atom stereocenters. The second-order valence-corrected chi connectivity index (χ2v) is 6.48. The number of imidazole rings is 1. The molecule has 0 aliphatic heterocycles. The third-order valence-corrected chi connectivity index (χ3v) is 4.34. The quantitative estimate of drug-likeness (QED) is 0.718. The summed E-state index contributed by atoms with van der Waals surface area (Å²) in [5.74, 6) is 0.981. The molecule has 2 aromatic rings. The van der Waals surface area contributed by atoms with Crippen LogP contribution in [-0.4, -0.2) is 9.97 Å². The molecule has 1 aromatic carbocycles. The molecule has 114 valence electrons. The van der Waals surface area contributed by atoms with Crippen LogP contribution in [0.3, 0.4) is 0 Å². The number of halogens is 2. The van der Waals surface area contributed by atoms with E-state index >= 15 is 0 Å². The third-order valence-electron chi connectivity index (χ3n) is 3.50. The first kappa shape index (κ1) is 16.5. The van der Waals surface area contributed by atoms with Gasteiger partial charge in [-0.25, -0.2) is 4.98 Å². The highest BCUT2D eigenvalue weighted by molar-refractivity contribution is 9.10. The molecule has 1 heterocycles. The molecule has 0 radical (unpaired) electrons. The number of aromatic nitrogens is 2. The second kappa shape index (κ2) is 7.97. The fourth-order valence-corrected chi connectivity index (χ4v) is 2.62. The molecule has 21 heavy (non-hydrogen) atoms. The van der Waals surface area contributed by atoms with E-state index in [1.807, 2.05) is 0 Å². The summed E-state index contributed by atoms with van der Waals surface area (Å²) in [6, 6.07) is 8.60. The molecule has 2 rings (SSSR count). The number of aryl methyl sites for hydroxylation is 1. The van der Waals surface area contributed by atoms with Crippen molar-refractivity contribution in [1.29, 1.82) is 0 Å². The summed E-state index contributed by atoms with van der Waals surface area (Å²) < 4.78 is 1.09. The van der Waals surface area contributed by atoms with Crippen LogP contribution in [0.5, 0.6) is 0 Å². The fourth-order valence-electron chi connectivity index (χ4n) is 2.14. The molecule has 0 amide bonds. The standard InChI is InChI=1S/C16H21BrClN3/c1-3-4-5-15-20-14(16(18)21-15)10-19-11(2)12-6-8-13(17)9-7-12/h6-9,11,19H,3-5,10H2,1-2H3,(H,20,21)/t11-/m0/s1. The predicted octanol–water partition coefficient (Wildman–Crippen LogP) is 5.02. The number of hydrogen-bond donors (Lipinski definition) is 2. The molecular weight excluding hydrogens is 350 g/mol. The first-order valence-electron chi connectivity index (χ1n) is 7.32. The van der Waals surface area contributed by atoms with E-state index in [1.165, 1.54) is 5.56 Å². The molecule has 0 saturated carbocycles. The summed E-state index contributed by atoms with van der Waals surface area (Å²) in [5.41, 5.74) is 2.21. The second-order valence-electron chi connectivity index (χ2n) is 5.21. The highest BCUT2D eigenvalue weighted by Crippen LogP contribution is 2.19. The van der Waals surface area contributed by atoms with Crippen molar-refractivity contribution in [2.45, 2.75) is 45.7 Å². The van der Waals surface area contributed by atoms with E-state index in [9.17, 15) is 0 Å². The van der Waals surface area contributed by atoms with Crippen LogP contribution in [0, 0.1) is 0 Å². The van der Waals surface area contributed by atoms with E-state index in [4.69, 9.17) is 11.6 Å². The van der Waals surface area contributed by atoms with Crippen LogP contribution in [0.25, 0.3) is 0 Å². The Labute approximate surface area is 139 Å². The lowest BCUT2D eigenvalue weighted by Crippen LogP contribution is -2.18. The van der Waals surface area contributed by atoms with Gasteiger partial charge in [0.2, 0.25) is 0 Å². The van der Waals surface area contributed by atoms with Crippen LogP contribution < -0.4 is 5.32 Å². The summed E-state index contributed by atoms with van der Waals surface area (Å²) >= 11 is 9.64. The Morgan fingerprint density at radius 3 is 2.71 bits per heavy atom. The topological polar surface area (TPSA) is 40.7 Å². The van der Waals surface area contributed by atoms with E-state index < -0.39 is 0 Å². The molecule has 0 aliphatic rings. The van der Waals surface area contributed by atoms with Gasteiger partial charge in [0, 0.05) is 23.5 Å². The number of unbranched alkanes of at least 4 members (excludes halogenated alkanes) is 1. The van der Waals surface area contributed by atoms with Crippen LogP contribution in [0.4, 0.5) is 0 Å². The van der Waals surface area contributed by atoms with Crippen molar-refractivity contribution in [3.63, 3.8) is 0 Å². The van der Waals surface area contributed by atoms with Crippen molar-refractivity contribution in [3.05, 3.63) is 51.0 Å². The van der Waals surface area contributed by atoms with Crippen LogP contribution >= 0.6 is 27.5 Å². The smallest absolute Gasteiger partial charge is 0.151 e. The summed E-state index contributed by atoms with van der Waals surface area (Å²) in [7, 11) is 0. The zero-order valence-corrected chi connectivity index (χ0v) is 14.8. The van der Waals surface area contributed by atoms with E-state index in [0.29, 0.717) is 11.7 Å². The SMILES string of the molecule is CCCCc1nc(Cl)c(CN[C@@H](C)c2ccc(Br)cc2)[nH]1. The molecule has 0 unspecified atom stereocenters. The first-order chi connectivity index (χ1) is 10.1. The third kappa shape index (κ3) is 4.83. The van der Waals surface area contributed by atoms with Gasteiger partial charge in [0.1, 0.15) is 5.82 Å². The normalized spacial score (nSPS) is 12.6. The maximum Gasteiger partial charge on any atom is 0.151 e. The van der Waals surface area contributed by atoms with Crippen molar-refractivity contribution >= 4 is 27.5 Å². The van der Waals surface area contributed by atoms with E-state index in [2.05, 4.69) is 69.3 Å². The van der Waals surface area contributed by atoms with E-state index in [-0.39, 0.29) is 6.04 Å². The first-order valence-corrected chi connectivity index (χ1v) is 8.49. The van der Waals surface area contributed by atoms with Crippen molar-refractivity contribution in [3.8, 4) is 0 Å². The maximum absolute atomic E-state index is 6.19. The monoisotopic (exact) mass is 369 g/mol. The molecule has 1 aromatic heterocycles. The number of H-pyrrole nitrogens is 1. The van der Waals surface area contributed by atoms with Gasteiger partial charge in [-0.1, -0.05) is 53.0 Å². The van der Waals surface area contributed by atoms with E-state index in [1.54, 1.807) is 0 Å². The van der Waals surface area contributed by atoms with Crippen LogP contribution in [0.15, 0.2) is 28.7 Å². The summed E-state index contributed by atoms with van der Waals surface area (Å²) in [4.78, 5) is 7.69. The van der Waals surface area contributed by atoms with Crippen LogP contribution in [0.2, 0.25) is 5.15 Å². The number of nitrogens with zero attached hydrogens (tertiary/aromatic N) is 1. The number of rotatable bonds is 7. The van der Waals surface area contributed by atoms with Gasteiger partial charge in [0.15, 0.2) is 5.15 Å². The molecule has 0 bridgehead atoms. The molecule has 2 N–H and O–H groups in total. The molecule has 3 nitrogen and oxygen atoms in total. The van der Waals surface area contributed by atoms with Gasteiger partial charge in [0.25, 0.3) is 0 Å². The zero-order chi connectivity index (χ0) is 15.2. The molecule has 0 spiro atoms. The van der Waals surface area contributed by atoms with Crippen molar-refractivity contribution in [2.75, 3.05) is 0 Å². The Balaban J connectivity index is 1.93. The summed E-state index contributed by atoms with van der Waals surface area (Å²) in [6.45, 7) is 5.01. The molecule has 0 saturated heterocycles. The lowest BCUT2D eigenvalue weighted by molar-refractivity contribution is 0.568. The highest BCUT2D eigenvalue weighted by Gasteiger charge is 2.10. The van der Waals surface area contributed by atoms with Crippen molar-refractivity contribution in [1.82, 2.24) is 15.3 Å².